The van der Waals surface area contributed by atoms with Crippen LogP contribution in [-0.4, -0.2) is 12.5 Å². The van der Waals surface area contributed by atoms with Gasteiger partial charge < -0.3 is 15.5 Å². The summed E-state index contributed by atoms with van der Waals surface area (Å²) < 4.78 is 5.62. The van der Waals surface area contributed by atoms with E-state index in [0.717, 1.165) is 34.1 Å². The second-order valence-electron chi connectivity index (χ2n) is 5.94. The van der Waals surface area contributed by atoms with E-state index in [4.69, 9.17) is 10.2 Å². The number of furan rings is 1. The predicted octanol–water partition coefficient (Wildman–Crippen LogP) is 3.73. The Morgan fingerprint density at radius 3 is 2.58 bits per heavy atom. The number of nitrogens with two attached hydrogens (primary N) is 1. The summed E-state index contributed by atoms with van der Waals surface area (Å²) in [5, 5.41) is 5.26. The number of aryl methyl sites for hydroxylation is 2. The number of benzene rings is 2. The van der Waals surface area contributed by atoms with Gasteiger partial charge in [-0.05, 0) is 41.0 Å². The van der Waals surface area contributed by atoms with Crippen LogP contribution in [-0.2, 0) is 6.42 Å². The van der Waals surface area contributed by atoms with Crippen molar-refractivity contribution in [3.05, 3.63) is 71.2 Å². The van der Waals surface area contributed by atoms with Crippen molar-refractivity contribution in [3.63, 3.8) is 0 Å². The van der Waals surface area contributed by atoms with Crippen LogP contribution in [0.1, 0.15) is 40.4 Å². The topological polar surface area (TPSA) is 68.3 Å². The maximum Gasteiger partial charge on any atom is 0.287 e. The average molecular weight is 322 g/mol. The summed E-state index contributed by atoms with van der Waals surface area (Å²) in [7, 11) is 0. The molecule has 4 nitrogen and oxygen atoms in total. The molecule has 0 aliphatic rings. The number of carbonyl (C=O) groups excluding carboxylic acids is 1. The highest BCUT2D eigenvalue weighted by molar-refractivity contribution is 5.92. The lowest BCUT2D eigenvalue weighted by atomic mass is 10.0. The van der Waals surface area contributed by atoms with Crippen LogP contribution in [0.4, 0.5) is 0 Å². The van der Waals surface area contributed by atoms with E-state index in [2.05, 4.69) is 23.5 Å². The van der Waals surface area contributed by atoms with Gasteiger partial charge in [0.25, 0.3) is 5.91 Å². The van der Waals surface area contributed by atoms with Crippen molar-refractivity contribution in [2.45, 2.75) is 26.3 Å². The molecule has 3 rings (SSSR count). The molecular weight excluding hydrogens is 300 g/mol. The molecule has 3 N–H and O–H groups in total. The standard InChI is InChI=1S/C20H22N2O2/c1-3-18-13(2)10-19(24-18)20(23)22-17(12-21)16-9-8-14-6-4-5-7-15(14)11-16/h4-11,17H,3,12,21H2,1-2H3,(H,22,23). The van der Waals surface area contributed by atoms with Crippen LogP contribution >= 0.6 is 0 Å². The molecule has 124 valence electrons. The van der Waals surface area contributed by atoms with Gasteiger partial charge in [0.1, 0.15) is 5.76 Å². The number of fused-ring (bicyclic) bond motifs is 1. The first-order chi connectivity index (χ1) is 11.6. The lowest BCUT2D eigenvalue weighted by molar-refractivity contribution is 0.0908. The molecule has 1 heterocycles. The zero-order chi connectivity index (χ0) is 17.1. The van der Waals surface area contributed by atoms with E-state index < -0.39 is 0 Å². The molecule has 1 amide bonds. The summed E-state index contributed by atoms with van der Waals surface area (Å²) in [6, 6.07) is 15.8. The first-order valence-corrected chi connectivity index (χ1v) is 8.21. The highest BCUT2D eigenvalue weighted by Crippen LogP contribution is 2.21. The second kappa shape index (κ2) is 6.89. The molecule has 4 heteroatoms. The van der Waals surface area contributed by atoms with Gasteiger partial charge in [-0.1, -0.05) is 43.3 Å². The van der Waals surface area contributed by atoms with Crippen molar-refractivity contribution in [3.8, 4) is 0 Å². The van der Waals surface area contributed by atoms with Crippen molar-refractivity contribution < 1.29 is 9.21 Å². The van der Waals surface area contributed by atoms with Crippen molar-refractivity contribution in [1.82, 2.24) is 5.32 Å². The fraction of sp³-hybridized carbons (Fsp3) is 0.250. The highest BCUT2D eigenvalue weighted by Gasteiger charge is 2.18. The molecule has 0 saturated heterocycles. The molecule has 0 aliphatic carbocycles. The Morgan fingerprint density at radius 1 is 1.17 bits per heavy atom. The largest absolute Gasteiger partial charge is 0.456 e. The summed E-state index contributed by atoms with van der Waals surface area (Å²) in [4.78, 5) is 12.5. The van der Waals surface area contributed by atoms with Crippen LogP contribution in [0.2, 0.25) is 0 Å². The van der Waals surface area contributed by atoms with Gasteiger partial charge in [-0.3, -0.25) is 4.79 Å². The average Bonchev–Trinajstić information content (AvgIpc) is 3.00. The van der Waals surface area contributed by atoms with Crippen molar-refractivity contribution in [2.75, 3.05) is 6.54 Å². The third-order valence-electron chi connectivity index (χ3n) is 4.28. The number of carbonyl (C=O) groups is 1. The van der Waals surface area contributed by atoms with E-state index in [-0.39, 0.29) is 11.9 Å². The third kappa shape index (κ3) is 3.19. The van der Waals surface area contributed by atoms with E-state index in [9.17, 15) is 4.79 Å². The maximum absolute atomic E-state index is 12.5. The maximum atomic E-state index is 12.5. The van der Waals surface area contributed by atoms with E-state index in [0.29, 0.717) is 12.3 Å². The minimum absolute atomic E-state index is 0.235. The third-order valence-corrected chi connectivity index (χ3v) is 4.28. The molecule has 0 fully saturated rings. The first-order valence-electron chi connectivity index (χ1n) is 8.21. The van der Waals surface area contributed by atoms with Crippen molar-refractivity contribution >= 4 is 16.7 Å². The van der Waals surface area contributed by atoms with Crippen LogP contribution in [0.25, 0.3) is 10.8 Å². The van der Waals surface area contributed by atoms with Crippen LogP contribution < -0.4 is 11.1 Å². The number of rotatable bonds is 5. The van der Waals surface area contributed by atoms with E-state index >= 15 is 0 Å². The molecule has 24 heavy (non-hydrogen) atoms. The summed E-state index contributed by atoms with van der Waals surface area (Å²) in [5.41, 5.74) is 7.88. The lowest BCUT2D eigenvalue weighted by Gasteiger charge is -2.17. The predicted molar refractivity (Wildman–Crippen MR) is 96.0 cm³/mol. The van der Waals surface area contributed by atoms with Gasteiger partial charge in [0.05, 0.1) is 6.04 Å². The van der Waals surface area contributed by atoms with Crippen LogP contribution in [0.15, 0.2) is 52.9 Å². The minimum atomic E-state index is -0.252. The Labute approximate surface area is 141 Å². The van der Waals surface area contributed by atoms with Gasteiger partial charge in [-0.15, -0.1) is 0 Å². The Hall–Kier alpha value is -2.59. The first kappa shape index (κ1) is 16.3. The fourth-order valence-corrected chi connectivity index (χ4v) is 2.91. The normalized spacial score (nSPS) is 12.3. The number of hydrogen-bond donors (Lipinski definition) is 2. The quantitative estimate of drug-likeness (QED) is 0.752. The summed E-state index contributed by atoms with van der Waals surface area (Å²) in [5.74, 6) is 0.945. The Kier molecular flexibility index (Phi) is 4.67. The monoisotopic (exact) mass is 322 g/mol. The molecule has 0 radical (unpaired) electrons. The fourth-order valence-electron chi connectivity index (χ4n) is 2.91. The van der Waals surface area contributed by atoms with Gasteiger partial charge in [-0.2, -0.15) is 0 Å². The molecule has 1 atom stereocenters. The summed E-state index contributed by atoms with van der Waals surface area (Å²) in [6.45, 7) is 4.28. The van der Waals surface area contributed by atoms with Crippen LogP contribution in [0.3, 0.4) is 0 Å². The summed E-state index contributed by atoms with van der Waals surface area (Å²) >= 11 is 0. The van der Waals surface area contributed by atoms with E-state index in [1.165, 1.54) is 0 Å². The SMILES string of the molecule is CCc1oc(C(=O)NC(CN)c2ccc3ccccc3c2)cc1C. The molecule has 0 spiro atoms. The van der Waals surface area contributed by atoms with Gasteiger partial charge in [0.2, 0.25) is 0 Å². The molecule has 1 unspecified atom stereocenters. The lowest BCUT2D eigenvalue weighted by Crippen LogP contribution is -2.33. The Balaban J connectivity index is 1.83. The smallest absolute Gasteiger partial charge is 0.287 e. The molecule has 2 aromatic carbocycles. The molecule has 3 aromatic rings. The zero-order valence-electron chi connectivity index (χ0n) is 14.0. The summed E-state index contributed by atoms with van der Waals surface area (Å²) in [6.07, 6.45) is 0.768. The van der Waals surface area contributed by atoms with Crippen molar-refractivity contribution in [2.24, 2.45) is 5.73 Å². The second-order valence-corrected chi connectivity index (χ2v) is 5.94. The molecule has 0 saturated carbocycles. The molecule has 0 bridgehead atoms. The van der Waals surface area contributed by atoms with Crippen molar-refractivity contribution in [1.29, 1.82) is 0 Å². The number of hydrogen-bond acceptors (Lipinski definition) is 3. The number of amides is 1. The van der Waals surface area contributed by atoms with Gasteiger partial charge in [0, 0.05) is 13.0 Å². The highest BCUT2D eigenvalue weighted by atomic mass is 16.4. The molecular formula is C20H22N2O2. The van der Waals surface area contributed by atoms with Gasteiger partial charge in [-0.25, -0.2) is 0 Å². The minimum Gasteiger partial charge on any atom is -0.456 e. The van der Waals surface area contributed by atoms with E-state index in [1.807, 2.05) is 38.1 Å². The Bertz CT molecular complexity index is 867. The van der Waals surface area contributed by atoms with Crippen LogP contribution in [0.5, 0.6) is 0 Å². The van der Waals surface area contributed by atoms with Gasteiger partial charge >= 0.3 is 0 Å². The Morgan fingerprint density at radius 2 is 1.92 bits per heavy atom. The molecule has 1 aromatic heterocycles. The molecule has 0 aliphatic heterocycles. The van der Waals surface area contributed by atoms with Crippen LogP contribution in [0, 0.1) is 6.92 Å². The zero-order valence-corrected chi connectivity index (χ0v) is 14.0. The number of nitrogens with one attached hydrogen (secondary N) is 1. The van der Waals surface area contributed by atoms with Gasteiger partial charge in [0.15, 0.2) is 5.76 Å². The van der Waals surface area contributed by atoms with E-state index in [1.54, 1.807) is 6.07 Å².